The highest BCUT2D eigenvalue weighted by Crippen LogP contribution is 2.30. The molecule has 0 bridgehead atoms. The van der Waals surface area contributed by atoms with Crippen LogP contribution in [-0.2, 0) is 11.3 Å². The van der Waals surface area contributed by atoms with E-state index in [2.05, 4.69) is 27.0 Å². The second kappa shape index (κ2) is 5.02. The summed E-state index contributed by atoms with van der Waals surface area (Å²) in [5.74, 6) is 0.249. The summed E-state index contributed by atoms with van der Waals surface area (Å²) < 4.78 is 0. The van der Waals surface area contributed by atoms with Crippen molar-refractivity contribution in [3.8, 4) is 0 Å². The third-order valence-electron chi connectivity index (χ3n) is 4.11. The standard InChI is InChI=1S/C14H20N2OS/c17-13-3-1-5-14(15-13)6-2-7-16(11-14)9-12-4-8-18-10-12/h4,8,10H,1-3,5-7,9,11H2,(H,15,17)/t14-/m1/s1. The van der Waals surface area contributed by atoms with E-state index < -0.39 is 0 Å². The summed E-state index contributed by atoms with van der Waals surface area (Å²) in [7, 11) is 0. The van der Waals surface area contributed by atoms with E-state index >= 15 is 0 Å². The van der Waals surface area contributed by atoms with Crippen LogP contribution in [-0.4, -0.2) is 29.4 Å². The van der Waals surface area contributed by atoms with E-state index in [0.29, 0.717) is 6.42 Å². The van der Waals surface area contributed by atoms with Gasteiger partial charge in [0.25, 0.3) is 0 Å². The van der Waals surface area contributed by atoms with Gasteiger partial charge in [-0.15, -0.1) is 0 Å². The molecule has 4 heteroatoms. The zero-order valence-electron chi connectivity index (χ0n) is 10.7. The molecule has 1 N–H and O–H groups in total. The van der Waals surface area contributed by atoms with Crippen LogP contribution in [0.2, 0.25) is 0 Å². The second-order valence-corrected chi connectivity index (χ2v) is 6.41. The van der Waals surface area contributed by atoms with Crippen molar-refractivity contribution in [2.24, 2.45) is 0 Å². The predicted molar refractivity (Wildman–Crippen MR) is 73.6 cm³/mol. The molecule has 98 valence electrons. The second-order valence-electron chi connectivity index (χ2n) is 5.63. The van der Waals surface area contributed by atoms with E-state index in [1.165, 1.54) is 12.0 Å². The number of piperidine rings is 2. The minimum atomic E-state index is 0.0730. The molecule has 1 atom stereocenters. The first kappa shape index (κ1) is 12.2. The van der Waals surface area contributed by atoms with Gasteiger partial charge in [-0.1, -0.05) is 0 Å². The van der Waals surface area contributed by atoms with Gasteiger partial charge in [0.15, 0.2) is 0 Å². The van der Waals surface area contributed by atoms with Gasteiger partial charge >= 0.3 is 0 Å². The van der Waals surface area contributed by atoms with Gasteiger partial charge in [-0.05, 0) is 54.6 Å². The molecule has 0 aliphatic carbocycles. The summed E-state index contributed by atoms with van der Waals surface area (Å²) in [4.78, 5) is 14.1. The van der Waals surface area contributed by atoms with Crippen molar-refractivity contribution in [3.05, 3.63) is 22.4 Å². The van der Waals surface area contributed by atoms with Crippen molar-refractivity contribution >= 4 is 17.2 Å². The van der Waals surface area contributed by atoms with Gasteiger partial charge in [-0.25, -0.2) is 0 Å². The number of carbonyl (C=O) groups excluding carboxylic acids is 1. The summed E-state index contributed by atoms with van der Waals surface area (Å²) in [6.07, 6.45) is 5.27. The van der Waals surface area contributed by atoms with Crippen LogP contribution in [0.1, 0.15) is 37.7 Å². The summed E-state index contributed by atoms with van der Waals surface area (Å²) in [6.45, 7) is 3.21. The fourth-order valence-corrected chi connectivity index (χ4v) is 3.98. The van der Waals surface area contributed by atoms with Crippen LogP contribution >= 0.6 is 11.3 Å². The van der Waals surface area contributed by atoms with E-state index in [1.807, 2.05) is 0 Å². The number of amides is 1. The highest BCUT2D eigenvalue weighted by molar-refractivity contribution is 7.07. The molecule has 0 aromatic carbocycles. The number of carbonyl (C=O) groups is 1. The Balaban J connectivity index is 1.66. The quantitative estimate of drug-likeness (QED) is 0.889. The van der Waals surface area contributed by atoms with Gasteiger partial charge in [0.1, 0.15) is 0 Å². The Morgan fingerprint density at radius 2 is 2.28 bits per heavy atom. The molecule has 0 unspecified atom stereocenters. The third-order valence-corrected chi connectivity index (χ3v) is 4.84. The molecule has 2 saturated heterocycles. The number of thiophene rings is 1. The molecule has 1 amide bonds. The summed E-state index contributed by atoms with van der Waals surface area (Å²) in [6, 6.07) is 2.20. The lowest BCUT2D eigenvalue weighted by atomic mass is 9.81. The molecule has 3 rings (SSSR count). The monoisotopic (exact) mass is 264 g/mol. The molecule has 1 aromatic rings. The Morgan fingerprint density at radius 1 is 1.39 bits per heavy atom. The maximum Gasteiger partial charge on any atom is 0.220 e. The lowest BCUT2D eigenvalue weighted by molar-refractivity contribution is -0.126. The molecular formula is C14H20N2OS. The minimum Gasteiger partial charge on any atom is -0.349 e. The van der Waals surface area contributed by atoms with Gasteiger partial charge in [0.2, 0.25) is 5.91 Å². The molecule has 2 aliphatic heterocycles. The average molecular weight is 264 g/mol. The maximum absolute atomic E-state index is 11.6. The number of likely N-dealkylation sites (tertiary alicyclic amines) is 1. The van der Waals surface area contributed by atoms with Gasteiger partial charge in [0, 0.05) is 19.5 Å². The maximum atomic E-state index is 11.6. The summed E-state index contributed by atoms with van der Waals surface area (Å²) in [5, 5.41) is 7.62. The molecular weight excluding hydrogens is 244 g/mol. The zero-order valence-corrected chi connectivity index (χ0v) is 11.5. The number of nitrogens with zero attached hydrogens (tertiary/aromatic N) is 1. The Morgan fingerprint density at radius 3 is 3.06 bits per heavy atom. The smallest absolute Gasteiger partial charge is 0.220 e. The summed E-state index contributed by atoms with van der Waals surface area (Å²) in [5.41, 5.74) is 1.48. The molecule has 3 heterocycles. The molecule has 0 saturated carbocycles. The van der Waals surface area contributed by atoms with Gasteiger partial charge in [-0.3, -0.25) is 9.69 Å². The average Bonchev–Trinajstić information content (AvgIpc) is 2.81. The van der Waals surface area contributed by atoms with Gasteiger partial charge < -0.3 is 5.32 Å². The first-order valence-corrected chi connectivity index (χ1v) is 7.75. The fraction of sp³-hybridized carbons (Fsp3) is 0.643. The van der Waals surface area contributed by atoms with Gasteiger partial charge in [-0.2, -0.15) is 11.3 Å². The molecule has 2 aliphatic rings. The van der Waals surface area contributed by atoms with Crippen LogP contribution in [0.15, 0.2) is 16.8 Å². The Labute approximate surface area is 112 Å². The van der Waals surface area contributed by atoms with Crippen LogP contribution in [0.3, 0.4) is 0 Å². The third kappa shape index (κ3) is 2.59. The van der Waals surface area contributed by atoms with E-state index in [-0.39, 0.29) is 11.4 Å². The predicted octanol–water partition coefficient (Wildman–Crippen LogP) is 2.38. The molecule has 2 fully saturated rings. The number of rotatable bonds is 2. The van der Waals surface area contributed by atoms with Crippen molar-refractivity contribution in [3.63, 3.8) is 0 Å². The fourth-order valence-electron chi connectivity index (χ4n) is 3.32. The molecule has 18 heavy (non-hydrogen) atoms. The van der Waals surface area contributed by atoms with E-state index in [9.17, 15) is 4.79 Å². The van der Waals surface area contributed by atoms with Gasteiger partial charge in [0.05, 0.1) is 5.54 Å². The highest BCUT2D eigenvalue weighted by Gasteiger charge is 2.38. The van der Waals surface area contributed by atoms with Crippen molar-refractivity contribution < 1.29 is 4.79 Å². The largest absolute Gasteiger partial charge is 0.349 e. The number of hydrogen-bond acceptors (Lipinski definition) is 3. The van der Waals surface area contributed by atoms with E-state index in [1.54, 1.807) is 11.3 Å². The lowest BCUT2D eigenvalue weighted by Crippen LogP contribution is -2.60. The topological polar surface area (TPSA) is 32.3 Å². The van der Waals surface area contributed by atoms with Crippen LogP contribution < -0.4 is 5.32 Å². The lowest BCUT2D eigenvalue weighted by Gasteiger charge is -2.45. The Bertz CT molecular complexity index is 413. The number of hydrogen-bond donors (Lipinski definition) is 1. The van der Waals surface area contributed by atoms with Crippen molar-refractivity contribution in [1.82, 2.24) is 10.2 Å². The van der Waals surface area contributed by atoms with Crippen LogP contribution in [0.25, 0.3) is 0 Å². The molecule has 1 aromatic heterocycles. The Kier molecular flexibility index (Phi) is 3.39. The van der Waals surface area contributed by atoms with Crippen molar-refractivity contribution in [1.29, 1.82) is 0 Å². The van der Waals surface area contributed by atoms with E-state index in [0.717, 1.165) is 38.9 Å². The zero-order chi connectivity index (χ0) is 12.4. The van der Waals surface area contributed by atoms with Crippen molar-refractivity contribution in [2.45, 2.75) is 44.2 Å². The number of nitrogens with one attached hydrogen (secondary N) is 1. The highest BCUT2D eigenvalue weighted by atomic mass is 32.1. The Hall–Kier alpha value is -0.870. The molecule has 3 nitrogen and oxygen atoms in total. The molecule has 1 spiro atoms. The van der Waals surface area contributed by atoms with Crippen LogP contribution in [0.4, 0.5) is 0 Å². The van der Waals surface area contributed by atoms with Crippen LogP contribution in [0, 0.1) is 0 Å². The molecule has 0 radical (unpaired) electrons. The minimum absolute atomic E-state index is 0.0730. The van der Waals surface area contributed by atoms with Crippen molar-refractivity contribution in [2.75, 3.05) is 13.1 Å². The SMILES string of the molecule is O=C1CCC[C@]2(CCCN(Cc3ccsc3)C2)N1. The first-order chi connectivity index (χ1) is 8.76. The summed E-state index contributed by atoms with van der Waals surface area (Å²) >= 11 is 1.76. The van der Waals surface area contributed by atoms with E-state index in [4.69, 9.17) is 0 Å². The van der Waals surface area contributed by atoms with Crippen LogP contribution in [0.5, 0.6) is 0 Å². The normalized spacial score (nSPS) is 29.4. The first-order valence-electron chi connectivity index (χ1n) is 6.80.